The van der Waals surface area contributed by atoms with Crippen LogP contribution in [-0.4, -0.2) is 23.2 Å². The summed E-state index contributed by atoms with van der Waals surface area (Å²) in [5, 5.41) is 7.57. The van der Waals surface area contributed by atoms with Gasteiger partial charge in [-0.15, -0.1) is 0 Å². The molecule has 0 spiro atoms. The first kappa shape index (κ1) is 18.9. The highest BCUT2D eigenvalue weighted by Crippen LogP contribution is 2.04. The maximum absolute atomic E-state index is 12.9. The van der Waals surface area contributed by atoms with Crippen LogP contribution in [-0.2, 0) is 9.59 Å². The second-order valence-corrected chi connectivity index (χ2v) is 5.29. The van der Waals surface area contributed by atoms with E-state index in [0.717, 1.165) is 0 Å². The Balaban J connectivity index is 1.93. The summed E-state index contributed by atoms with van der Waals surface area (Å²) in [6.07, 6.45) is 0. The van der Waals surface area contributed by atoms with Crippen LogP contribution in [0.5, 0.6) is 0 Å². The lowest BCUT2D eigenvalue weighted by atomic mass is 10.1. The molecule has 26 heavy (non-hydrogen) atoms. The zero-order valence-corrected chi connectivity index (χ0v) is 14.1. The number of nitrogens with one attached hydrogen (secondary N) is 2. The van der Waals surface area contributed by atoms with E-state index in [0.29, 0.717) is 22.6 Å². The van der Waals surface area contributed by atoms with E-state index in [2.05, 4.69) is 21.1 Å². The molecule has 0 saturated heterocycles. The highest BCUT2D eigenvalue weighted by Gasteiger charge is 2.12. The van der Waals surface area contributed by atoms with Gasteiger partial charge in [0.1, 0.15) is 11.6 Å². The van der Waals surface area contributed by atoms with Crippen molar-refractivity contribution in [2.45, 2.75) is 13.8 Å². The van der Waals surface area contributed by atoms with E-state index in [9.17, 15) is 18.4 Å². The molecule has 2 N–H and O–H groups in total. The van der Waals surface area contributed by atoms with Gasteiger partial charge < -0.3 is 0 Å². The molecule has 0 unspecified atom stereocenters. The van der Waals surface area contributed by atoms with Crippen molar-refractivity contribution in [1.82, 2.24) is 10.9 Å². The molecular formula is C18H16F2N4O2. The molecule has 2 amide bonds. The molecular weight excluding hydrogens is 342 g/mol. The molecule has 0 saturated carbocycles. The number of rotatable bonds is 4. The summed E-state index contributed by atoms with van der Waals surface area (Å²) in [6.45, 7) is 3.20. The summed E-state index contributed by atoms with van der Waals surface area (Å²) in [6, 6.07) is 11.0. The van der Waals surface area contributed by atoms with Crippen LogP contribution in [0.1, 0.15) is 25.0 Å². The normalized spacial score (nSPS) is 11.8. The van der Waals surface area contributed by atoms with Gasteiger partial charge in [0.15, 0.2) is 0 Å². The summed E-state index contributed by atoms with van der Waals surface area (Å²) in [5.41, 5.74) is 6.17. The van der Waals surface area contributed by atoms with Gasteiger partial charge in [-0.25, -0.2) is 19.6 Å². The molecule has 0 atom stereocenters. The van der Waals surface area contributed by atoms with Gasteiger partial charge in [-0.3, -0.25) is 9.59 Å². The Labute approximate surface area is 148 Å². The van der Waals surface area contributed by atoms with Gasteiger partial charge in [0, 0.05) is 0 Å². The average Bonchev–Trinajstić information content (AvgIpc) is 2.64. The lowest BCUT2D eigenvalue weighted by Gasteiger charge is -2.04. The molecule has 134 valence electrons. The summed E-state index contributed by atoms with van der Waals surface area (Å²) in [4.78, 5) is 23.4. The number of amides is 2. The van der Waals surface area contributed by atoms with Crippen LogP contribution in [0, 0.1) is 11.6 Å². The Kier molecular flexibility index (Phi) is 6.26. The molecule has 0 aromatic heterocycles. The molecule has 8 heteroatoms. The van der Waals surface area contributed by atoms with Crippen molar-refractivity contribution in [3.63, 3.8) is 0 Å². The molecule has 2 aromatic carbocycles. The minimum Gasteiger partial charge on any atom is -0.262 e. The third kappa shape index (κ3) is 5.30. The van der Waals surface area contributed by atoms with Crippen LogP contribution in [0.4, 0.5) is 8.78 Å². The fourth-order valence-corrected chi connectivity index (χ4v) is 1.88. The topological polar surface area (TPSA) is 82.9 Å². The first-order valence-corrected chi connectivity index (χ1v) is 7.57. The summed E-state index contributed by atoms with van der Waals surface area (Å²) in [7, 11) is 0. The quantitative estimate of drug-likeness (QED) is 0.500. The number of carbonyl (C=O) groups is 2. The van der Waals surface area contributed by atoms with Crippen LogP contribution in [0.25, 0.3) is 0 Å². The molecule has 0 radical (unpaired) electrons. The van der Waals surface area contributed by atoms with Crippen molar-refractivity contribution < 1.29 is 18.4 Å². The van der Waals surface area contributed by atoms with E-state index in [1.807, 2.05) is 0 Å². The number of benzene rings is 2. The molecule has 0 bridgehead atoms. The summed E-state index contributed by atoms with van der Waals surface area (Å²) >= 11 is 0. The van der Waals surface area contributed by atoms with Gasteiger partial charge in [-0.2, -0.15) is 10.2 Å². The molecule has 0 fully saturated rings. The highest BCUT2D eigenvalue weighted by atomic mass is 19.1. The van der Waals surface area contributed by atoms with Gasteiger partial charge in [0.05, 0.1) is 11.4 Å². The Bertz CT molecular complexity index is 786. The van der Waals surface area contributed by atoms with Gasteiger partial charge >= 0.3 is 11.8 Å². The maximum Gasteiger partial charge on any atom is 0.331 e. The molecule has 0 aliphatic rings. The molecule has 2 aromatic rings. The Hall–Kier alpha value is -3.42. The largest absolute Gasteiger partial charge is 0.331 e. The Morgan fingerprint density at radius 1 is 0.692 bits per heavy atom. The van der Waals surface area contributed by atoms with Crippen molar-refractivity contribution in [3.05, 3.63) is 71.3 Å². The smallest absolute Gasteiger partial charge is 0.262 e. The van der Waals surface area contributed by atoms with E-state index in [1.165, 1.54) is 48.5 Å². The van der Waals surface area contributed by atoms with Crippen LogP contribution in [0.2, 0.25) is 0 Å². The first-order valence-electron chi connectivity index (χ1n) is 7.57. The maximum atomic E-state index is 12.9. The highest BCUT2D eigenvalue weighted by molar-refractivity contribution is 6.35. The van der Waals surface area contributed by atoms with Crippen LogP contribution < -0.4 is 10.9 Å². The number of hydrazone groups is 2. The molecule has 0 aliphatic carbocycles. The zero-order valence-electron chi connectivity index (χ0n) is 14.1. The zero-order chi connectivity index (χ0) is 19.1. The molecule has 0 heterocycles. The average molecular weight is 358 g/mol. The summed E-state index contributed by atoms with van der Waals surface area (Å²) in [5.74, 6) is -2.80. The molecule has 0 aliphatic heterocycles. The number of carbonyl (C=O) groups excluding carboxylic acids is 2. The van der Waals surface area contributed by atoms with E-state index in [4.69, 9.17) is 0 Å². The third-order valence-electron chi connectivity index (χ3n) is 3.38. The lowest BCUT2D eigenvalue weighted by Crippen LogP contribution is -2.36. The van der Waals surface area contributed by atoms with E-state index >= 15 is 0 Å². The predicted octanol–water partition coefficient (Wildman–Crippen LogP) is 2.35. The van der Waals surface area contributed by atoms with Crippen molar-refractivity contribution in [2.24, 2.45) is 10.2 Å². The minimum absolute atomic E-state index is 0.389. The number of halogens is 2. The van der Waals surface area contributed by atoms with Gasteiger partial charge in [0.25, 0.3) is 0 Å². The fourth-order valence-electron chi connectivity index (χ4n) is 1.88. The van der Waals surface area contributed by atoms with Crippen LogP contribution in [0.15, 0.2) is 58.7 Å². The Morgan fingerprint density at radius 3 is 1.31 bits per heavy atom. The van der Waals surface area contributed by atoms with E-state index in [-0.39, 0.29) is 11.6 Å². The van der Waals surface area contributed by atoms with Gasteiger partial charge in [0.2, 0.25) is 0 Å². The van der Waals surface area contributed by atoms with Gasteiger partial charge in [-0.1, -0.05) is 24.3 Å². The molecule has 6 nitrogen and oxygen atoms in total. The molecule has 2 rings (SSSR count). The monoisotopic (exact) mass is 358 g/mol. The van der Waals surface area contributed by atoms with Crippen LogP contribution >= 0.6 is 0 Å². The second kappa shape index (κ2) is 8.61. The van der Waals surface area contributed by atoms with Crippen molar-refractivity contribution in [2.75, 3.05) is 0 Å². The number of nitrogens with zero attached hydrogens (tertiary/aromatic N) is 2. The van der Waals surface area contributed by atoms with E-state index < -0.39 is 11.8 Å². The van der Waals surface area contributed by atoms with Gasteiger partial charge in [-0.05, 0) is 49.2 Å². The lowest BCUT2D eigenvalue weighted by molar-refractivity contribution is -0.139. The fraction of sp³-hybridized carbons (Fsp3) is 0.111. The Morgan fingerprint density at radius 2 is 1.00 bits per heavy atom. The van der Waals surface area contributed by atoms with E-state index in [1.54, 1.807) is 13.8 Å². The predicted molar refractivity (Wildman–Crippen MR) is 93.5 cm³/mol. The third-order valence-corrected chi connectivity index (χ3v) is 3.38. The summed E-state index contributed by atoms with van der Waals surface area (Å²) < 4.78 is 25.7. The van der Waals surface area contributed by atoms with Crippen molar-refractivity contribution >= 4 is 23.2 Å². The van der Waals surface area contributed by atoms with Crippen LogP contribution in [0.3, 0.4) is 0 Å². The second-order valence-electron chi connectivity index (χ2n) is 5.29. The minimum atomic E-state index is -1.01. The standard InChI is InChI=1S/C18H16F2N4O2/c1-11(13-3-7-15(19)8-4-13)21-23-17(25)18(26)24-22-12(2)14-5-9-16(20)10-6-14/h3-10H,1-2H3,(H,23,25)(H,24,26)/b21-11-,22-12-. The van der Waals surface area contributed by atoms with Crippen molar-refractivity contribution in [3.8, 4) is 0 Å². The SMILES string of the molecule is C/C(=N/NC(=O)C(=O)N/N=C(/C)c1ccc(F)cc1)c1ccc(F)cc1. The first-order chi connectivity index (χ1) is 12.4. The van der Waals surface area contributed by atoms with Crippen molar-refractivity contribution in [1.29, 1.82) is 0 Å². The number of hydrogen-bond donors (Lipinski definition) is 2. The number of hydrogen-bond acceptors (Lipinski definition) is 4.